The number of carbonyl (C=O) groups is 2. The molecule has 0 fully saturated rings. The van der Waals surface area contributed by atoms with E-state index < -0.39 is 46.8 Å². The summed E-state index contributed by atoms with van der Waals surface area (Å²) in [4.78, 5) is 41.8. The van der Waals surface area contributed by atoms with Crippen molar-refractivity contribution in [2.45, 2.75) is 32.5 Å². The van der Waals surface area contributed by atoms with Crippen LogP contribution in [0.1, 0.15) is 45.3 Å². The van der Waals surface area contributed by atoms with Crippen LogP contribution in [0.15, 0.2) is 65.6 Å². The van der Waals surface area contributed by atoms with E-state index in [4.69, 9.17) is 4.74 Å². The van der Waals surface area contributed by atoms with Gasteiger partial charge in [-0.1, -0.05) is 42.5 Å². The Balaban J connectivity index is 1.56. The summed E-state index contributed by atoms with van der Waals surface area (Å²) in [6.45, 7) is 1.82. The number of amides is 2. The number of halogens is 3. The van der Waals surface area contributed by atoms with Crippen LogP contribution < -0.4 is 20.5 Å². The summed E-state index contributed by atoms with van der Waals surface area (Å²) in [5, 5.41) is 4.17. The van der Waals surface area contributed by atoms with E-state index in [1.165, 1.54) is 10.9 Å². The number of benzene rings is 2. The second-order valence-electron chi connectivity index (χ2n) is 9.36. The number of rotatable bonds is 6. The summed E-state index contributed by atoms with van der Waals surface area (Å²) in [6, 6.07) is 9.89. The Morgan fingerprint density at radius 2 is 1.79 bits per heavy atom. The average Bonchev–Trinajstić information content (AvgIpc) is 2.90. The Morgan fingerprint density at radius 1 is 1.08 bits per heavy atom. The molecule has 1 atom stereocenters. The van der Waals surface area contributed by atoms with Crippen molar-refractivity contribution in [3.05, 3.63) is 111 Å². The van der Waals surface area contributed by atoms with Crippen molar-refractivity contribution >= 4 is 11.8 Å². The van der Waals surface area contributed by atoms with Crippen LogP contribution in [0.3, 0.4) is 0 Å². The molecule has 0 aliphatic carbocycles. The van der Waals surface area contributed by atoms with Crippen LogP contribution in [0.2, 0.25) is 0 Å². The number of nitrogens with one attached hydrogen (secondary N) is 1. The molecule has 2 bridgehead atoms. The number of ether oxygens (including phenoxy) is 1. The zero-order chi connectivity index (χ0) is 27.7. The summed E-state index contributed by atoms with van der Waals surface area (Å²) in [5.74, 6) is -5.11. The summed E-state index contributed by atoms with van der Waals surface area (Å²) < 4.78 is 48.9. The van der Waals surface area contributed by atoms with E-state index >= 15 is 0 Å². The molecule has 0 radical (unpaired) electrons. The molecule has 3 aromatic rings. The number of carbonyl (C=O) groups excluding carboxylic acids is 2. The van der Waals surface area contributed by atoms with Gasteiger partial charge in [-0.05, 0) is 18.9 Å². The third kappa shape index (κ3) is 5.12. The van der Waals surface area contributed by atoms with Gasteiger partial charge in [0, 0.05) is 43.0 Å². The van der Waals surface area contributed by atoms with Crippen LogP contribution in [0.5, 0.6) is 5.75 Å². The lowest BCUT2D eigenvalue weighted by atomic mass is 10.1. The smallest absolute Gasteiger partial charge is 0.278 e. The highest BCUT2D eigenvalue weighted by molar-refractivity contribution is 5.99. The maximum Gasteiger partial charge on any atom is 0.278 e. The predicted molar refractivity (Wildman–Crippen MR) is 136 cm³/mol. The molecular formula is C28H25F3N4O4. The molecule has 202 valence electrons. The topological polar surface area (TPSA) is 83.9 Å². The van der Waals surface area contributed by atoms with E-state index in [1.807, 2.05) is 30.2 Å². The third-order valence-corrected chi connectivity index (χ3v) is 6.71. The lowest BCUT2D eigenvalue weighted by Gasteiger charge is -2.43. The van der Waals surface area contributed by atoms with Crippen molar-refractivity contribution in [1.82, 2.24) is 14.9 Å². The molecule has 8 nitrogen and oxygen atoms in total. The molecule has 0 saturated heterocycles. The van der Waals surface area contributed by atoms with Gasteiger partial charge >= 0.3 is 0 Å². The van der Waals surface area contributed by atoms with Gasteiger partial charge in [-0.2, -0.15) is 0 Å². The third-order valence-electron chi connectivity index (χ3n) is 6.71. The normalized spacial score (nSPS) is 16.4. The molecule has 0 unspecified atom stereocenters. The van der Waals surface area contributed by atoms with E-state index in [1.54, 1.807) is 29.2 Å². The maximum absolute atomic E-state index is 14.1. The Kier molecular flexibility index (Phi) is 7.14. The number of aromatic nitrogens is 1. The largest absolute Gasteiger partial charge is 0.482 e. The van der Waals surface area contributed by atoms with Crippen molar-refractivity contribution < 1.29 is 27.5 Å². The van der Waals surface area contributed by atoms with Crippen molar-refractivity contribution in [2.24, 2.45) is 0 Å². The monoisotopic (exact) mass is 538 g/mol. The standard InChI is InChI=1S/C28H25F3N4O4/c1-17-7-5-6-10-33-16-35(17)34-14-21(27(37)32-13-20-22(30)11-19(29)12-23(20)31)25(36)26(24(34)28(33)38)39-15-18-8-3-2-4-9-18/h2-6,8-9,11-12,14,17H,7,10,13,15-16H2,1H3,(H,32,37)/t17-/m1/s1. The molecule has 2 aromatic carbocycles. The minimum atomic E-state index is -1.17. The van der Waals surface area contributed by atoms with Gasteiger partial charge in [-0.25, -0.2) is 13.2 Å². The van der Waals surface area contributed by atoms with Crippen LogP contribution in [-0.2, 0) is 13.2 Å². The zero-order valence-electron chi connectivity index (χ0n) is 21.0. The highest BCUT2D eigenvalue weighted by atomic mass is 19.1. The van der Waals surface area contributed by atoms with Gasteiger partial charge in [0.1, 0.15) is 36.3 Å². The van der Waals surface area contributed by atoms with Gasteiger partial charge < -0.3 is 15.0 Å². The van der Waals surface area contributed by atoms with Crippen molar-refractivity contribution in [3.8, 4) is 5.75 Å². The van der Waals surface area contributed by atoms with Gasteiger partial charge in [0.15, 0.2) is 11.4 Å². The molecule has 1 aromatic heterocycles. The molecule has 11 heteroatoms. The van der Waals surface area contributed by atoms with Crippen molar-refractivity contribution in [2.75, 3.05) is 18.2 Å². The lowest BCUT2D eigenvalue weighted by molar-refractivity contribution is 0.0691. The first kappa shape index (κ1) is 26.1. The highest BCUT2D eigenvalue weighted by Gasteiger charge is 2.37. The summed E-state index contributed by atoms with van der Waals surface area (Å²) in [5.41, 5.74) is -1.06. The van der Waals surface area contributed by atoms with E-state index in [0.29, 0.717) is 25.1 Å². The molecule has 0 spiro atoms. The Bertz CT molecular complexity index is 1500. The van der Waals surface area contributed by atoms with Crippen LogP contribution in [-0.4, -0.2) is 40.6 Å². The fraction of sp³-hybridized carbons (Fsp3) is 0.250. The second kappa shape index (κ2) is 10.7. The van der Waals surface area contributed by atoms with Crippen molar-refractivity contribution in [1.29, 1.82) is 0 Å². The number of hydrogen-bond acceptors (Lipinski definition) is 5. The van der Waals surface area contributed by atoms with Gasteiger partial charge in [-0.15, -0.1) is 0 Å². The fourth-order valence-corrected chi connectivity index (χ4v) is 4.57. The SMILES string of the molecule is C[C@@H]1CC=CCN2CN1n1cc(C(=O)NCc3c(F)cc(F)cc3F)c(=O)c(OCc3ccccc3)c1C2=O. The average molecular weight is 539 g/mol. The maximum atomic E-state index is 14.1. The summed E-state index contributed by atoms with van der Waals surface area (Å²) >= 11 is 0. The van der Waals surface area contributed by atoms with E-state index in [9.17, 15) is 27.6 Å². The minimum absolute atomic E-state index is 0.0171. The van der Waals surface area contributed by atoms with E-state index in [2.05, 4.69) is 5.32 Å². The predicted octanol–water partition coefficient (Wildman–Crippen LogP) is 3.47. The minimum Gasteiger partial charge on any atom is -0.482 e. The van der Waals surface area contributed by atoms with E-state index in [0.717, 1.165) is 5.56 Å². The molecule has 2 amide bonds. The number of nitrogens with zero attached hydrogens (tertiary/aromatic N) is 3. The van der Waals surface area contributed by atoms with Crippen LogP contribution in [0, 0.1) is 17.5 Å². The first-order valence-electron chi connectivity index (χ1n) is 12.3. The van der Waals surface area contributed by atoms with E-state index in [-0.39, 0.29) is 36.3 Å². The second-order valence-corrected chi connectivity index (χ2v) is 9.36. The number of pyridine rings is 1. The van der Waals surface area contributed by atoms with Gasteiger partial charge in [0.2, 0.25) is 5.43 Å². The fourth-order valence-electron chi connectivity index (χ4n) is 4.57. The van der Waals surface area contributed by atoms with Crippen LogP contribution in [0.4, 0.5) is 13.2 Å². The Labute approximate surface area is 221 Å². The van der Waals surface area contributed by atoms with Crippen LogP contribution in [0.25, 0.3) is 0 Å². The Morgan fingerprint density at radius 3 is 2.51 bits per heavy atom. The number of fused-ring (bicyclic) bond motifs is 4. The van der Waals surface area contributed by atoms with Crippen LogP contribution >= 0.6 is 0 Å². The molecular weight excluding hydrogens is 513 g/mol. The first-order chi connectivity index (χ1) is 18.7. The lowest BCUT2D eigenvalue weighted by Crippen LogP contribution is -2.58. The molecule has 2 aliphatic rings. The quantitative estimate of drug-likeness (QED) is 0.486. The highest BCUT2D eigenvalue weighted by Crippen LogP contribution is 2.26. The van der Waals surface area contributed by atoms with Gasteiger partial charge in [0.25, 0.3) is 11.8 Å². The molecule has 39 heavy (non-hydrogen) atoms. The summed E-state index contributed by atoms with van der Waals surface area (Å²) in [6.07, 6.45) is 5.74. The molecule has 1 N–H and O–H groups in total. The summed E-state index contributed by atoms with van der Waals surface area (Å²) in [7, 11) is 0. The molecule has 3 heterocycles. The molecule has 2 aliphatic heterocycles. The molecule has 5 rings (SSSR count). The number of hydrogen-bond donors (Lipinski definition) is 1. The van der Waals surface area contributed by atoms with Gasteiger partial charge in [-0.3, -0.25) is 24.1 Å². The first-order valence-corrected chi connectivity index (χ1v) is 12.3. The zero-order valence-corrected chi connectivity index (χ0v) is 21.0. The molecule has 0 saturated carbocycles. The van der Waals surface area contributed by atoms with Gasteiger partial charge in [0.05, 0.1) is 0 Å². The Hall–Kier alpha value is -4.54. The van der Waals surface area contributed by atoms with Crippen molar-refractivity contribution in [3.63, 3.8) is 0 Å².